The van der Waals surface area contributed by atoms with E-state index in [1.54, 1.807) is 16.8 Å². The first-order chi connectivity index (χ1) is 9.56. The maximum Gasteiger partial charge on any atom is 0.129 e. The van der Waals surface area contributed by atoms with Crippen LogP contribution >= 0.6 is 11.6 Å². The summed E-state index contributed by atoms with van der Waals surface area (Å²) < 4.78 is 15.7. The molecule has 0 saturated heterocycles. The first-order valence-corrected chi connectivity index (χ1v) is 6.86. The van der Waals surface area contributed by atoms with E-state index in [-0.39, 0.29) is 5.82 Å². The van der Waals surface area contributed by atoms with Crippen LogP contribution < -0.4 is 11.3 Å². The van der Waals surface area contributed by atoms with E-state index in [2.05, 4.69) is 10.5 Å². The summed E-state index contributed by atoms with van der Waals surface area (Å²) in [6.07, 6.45) is 1.37. The fraction of sp³-hybridized carbons (Fsp3) is 0.357. The van der Waals surface area contributed by atoms with Gasteiger partial charge in [-0.05, 0) is 24.6 Å². The normalized spacial score (nSPS) is 12.7. The second kappa shape index (κ2) is 6.35. The first kappa shape index (κ1) is 15.0. The van der Waals surface area contributed by atoms with Crippen molar-refractivity contribution in [3.8, 4) is 0 Å². The Labute approximate surface area is 122 Å². The number of benzene rings is 1. The van der Waals surface area contributed by atoms with Gasteiger partial charge in [-0.3, -0.25) is 16.0 Å². The summed E-state index contributed by atoms with van der Waals surface area (Å²) >= 11 is 6.08. The lowest BCUT2D eigenvalue weighted by Gasteiger charge is -2.18. The minimum atomic E-state index is -0.399. The van der Waals surface area contributed by atoms with Gasteiger partial charge in [-0.2, -0.15) is 5.10 Å². The molecular weight excluding hydrogens is 279 g/mol. The molecule has 1 aromatic heterocycles. The molecule has 0 saturated carbocycles. The highest BCUT2D eigenvalue weighted by Crippen LogP contribution is 2.28. The van der Waals surface area contributed by atoms with Gasteiger partial charge in [0.1, 0.15) is 5.82 Å². The van der Waals surface area contributed by atoms with E-state index in [0.717, 1.165) is 17.8 Å². The number of aromatic nitrogens is 2. The second-order valence-electron chi connectivity index (χ2n) is 4.66. The van der Waals surface area contributed by atoms with Crippen molar-refractivity contribution in [1.82, 2.24) is 15.2 Å². The fourth-order valence-electron chi connectivity index (χ4n) is 2.23. The molecule has 0 aliphatic carbocycles. The molecule has 0 spiro atoms. The summed E-state index contributed by atoms with van der Waals surface area (Å²) in [7, 11) is 1.87. The van der Waals surface area contributed by atoms with Crippen LogP contribution in [0.25, 0.3) is 0 Å². The highest BCUT2D eigenvalue weighted by atomic mass is 35.5. The van der Waals surface area contributed by atoms with E-state index in [1.165, 1.54) is 6.07 Å². The largest absolute Gasteiger partial charge is 0.272 e. The number of halogens is 2. The number of hydrogen-bond donors (Lipinski definition) is 2. The van der Waals surface area contributed by atoms with Gasteiger partial charge in [0.15, 0.2) is 0 Å². The minimum absolute atomic E-state index is 0.363. The van der Waals surface area contributed by atoms with Crippen molar-refractivity contribution in [2.24, 2.45) is 12.9 Å². The third-order valence-electron chi connectivity index (χ3n) is 3.35. The number of rotatable bonds is 5. The second-order valence-corrected chi connectivity index (χ2v) is 5.07. The molecule has 0 aliphatic heterocycles. The zero-order chi connectivity index (χ0) is 14.7. The summed E-state index contributed by atoms with van der Waals surface area (Å²) in [5.74, 6) is 5.21. The Kier molecular flexibility index (Phi) is 4.75. The Morgan fingerprint density at radius 2 is 2.25 bits per heavy atom. The average molecular weight is 297 g/mol. The van der Waals surface area contributed by atoms with Gasteiger partial charge in [-0.1, -0.05) is 24.6 Å². The molecule has 6 heteroatoms. The number of hydrazine groups is 1. The molecule has 0 bridgehead atoms. The molecule has 4 nitrogen and oxygen atoms in total. The zero-order valence-corrected chi connectivity index (χ0v) is 12.3. The standard InChI is InChI=1S/C14H18ClFN4/c1-3-9-7-10(20(2)19-9)8-13(18-17)14-11(15)5-4-6-12(14)16/h4-7,13,18H,3,8,17H2,1-2H3. The lowest BCUT2D eigenvalue weighted by atomic mass is 10.0. The minimum Gasteiger partial charge on any atom is -0.272 e. The van der Waals surface area contributed by atoms with Gasteiger partial charge in [0.05, 0.1) is 11.7 Å². The summed E-state index contributed by atoms with van der Waals surface area (Å²) in [5, 5.41) is 4.74. The van der Waals surface area contributed by atoms with Crippen molar-refractivity contribution >= 4 is 11.6 Å². The van der Waals surface area contributed by atoms with E-state index in [9.17, 15) is 4.39 Å². The van der Waals surface area contributed by atoms with Gasteiger partial charge < -0.3 is 0 Å². The Morgan fingerprint density at radius 3 is 2.80 bits per heavy atom. The monoisotopic (exact) mass is 296 g/mol. The van der Waals surface area contributed by atoms with Crippen LogP contribution in [-0.2, 0) is 19.9 Å². The van der Waals surface area contributed by atoms with Crippen molar-refractivity contribution in [1.29, 1.82) is 0 Å². The molecular formula is C14H18ClFN4. The Hall–Kier alpha value is -1.43. The predicted octanol–water partition coefficient (Wildman–Crippen LogP) is 2.52. The van der Waals surface area contributed by atoms with Crippen LogP contribution in [0.5, 0.6) is 0 Å². The molecule has 2 rings (SSSR count). The maximum absolute atomic E-state index is 14.0. The highest BCUT2D eigenvalue weighted by molar-refractivity contribution is 6.31. The van der Waals surface area contributed by atoms with Gasteiger partial charge in [0.25, 0.3) is 0 Å². The van der Waals surface area contributed by atoms with E-state index >= 15 is 0 Å². The maximum atomic E-state index is 14.0. The lowest BCUT2D eigenvalue weighted by Crippen LogP contribution is -2.31. The van der Waals surface area contributed by atoms with Crippen LogP contribution in [0.3, 0.4) is 0 Å². The molecule has 0 amide bonds. The van der Waals surface area contributed by atoms with Crippen molar-refractivity contribution in [3.63, 3.8) is 0 Å². The average Bonchev–Trinajstić information content (AvgIpc) is 2.78. The molecule has 0 radical (unpaired) electrons. The third kappa shape index (κ3) is 3.00. The molecule has 0 fully saturated rings. The van der Waals surface area contributed by atoms with Crippen molar-refractivity contribution < 1.29 is 4.39 Å². The number of nitrogens with two attached hydrogens (primary N) is 1. The third-order valence-corrected chi connectivity index (χ3v) is 3.68. The molecule has 1 aromatic carbocycles. The van der Waals surface area contributed by atoms with Crippen LogP contribution in [0.1, 0.15) is 29.9 Å². The van der Waals surface area contributed by atoms with Crippen molar-refractivity contribution in [3.05, 3.63) is 52.1 Å². The number of hydrogen-bond acceptors (Lipinski definition) is 3. The highest BCUT2D eigenvalue weighted by Gasteiger charge is 2.20. The number of nitrogens with one attached hydrogen (secondary N) is 1. The SMILES string of the molecule is CCc1cc(CC(NN)c2c(F)cccc2Cl)n(C)n1. The van der Waals surface area contributed by atoms with E-state index < -0.39 is 6.04 Å². The molecule has 1 unspecified atom stereocenters. The van der Waals surface area contributed by atoms with E-state index in [4.69, 9.17) is 17.4 Å². The number of nitrogens with zero attached hydrogens (tertiary/aromatic N) is 2. The summed E-state index contributed by atoms with van der Waals surface area (Å²) in [5.41, 5.74) is 5.00. The smallest absolute Gasteiger partial charge is 0.129 e. The summed E-state index contributed by atoms with van der Waals surface area (Å²) in [6, 6.07) is 6.22. The lowest BCUT2D eigenvalue weighted by molar-refractivity contribution is 0.497. The molecule has 2 aromatic rings. The molecule has 3 N–H and O–H groups in total. The van der Waals surface area contributed by atoms with Crippen LogP contribution in [-0.4, -0.2) is 9.78 Å². The molecule has 108 valence electrons. The zero-order valence-electron chi connectivity index (χ0n) is 11.5. The van der Waals surface area contributed by atoms with E-state index in [0.29, 0.717) is 17.0 Å². The van der Waals surface area contributed by atoms with Crippen LogP contribution in [0.2, 0.25) is 5.02 Å². The van der Waals surface area contributed by atoms with Crippen molar-refractivity contribution in [2.45, 2.75) is 25.8 Å². The van der Waals surface area contributed by atoms with Crippen LogP contribution in [0.4, 0.5) is 4.39 Å². The topological polar surface area (TPSA) is 55.9 Å². The van der Waals surface area contributed by atoms with Crippen molar-refractivity contribution in [2.75, 3.05) is 0 Å². The van der Waals surface area contributed by atoms with E-state index in [1.807, 2.05) is 20.0 Å². The van der Waals surface area contributed by atoms with Gasteiger partial charge in [-0.25, -0.2) is 4.39 Å². The molecule has 0 aliphatic rings. The molecule has 1 heterocycles. The Morgan fingerprint density at radius 1 is 1.50 bits per heavy atom. The Bertz CT molecular complexity index is 577. The summed E-state index contributed by atoms with van der Waals surface area (Å²) in [6.45, 7) is 2.04. The van der Waals surface area contributed by atoms with Crippen LogP contribution in [0.15, 0.2) is 24.3 Å². The van der Waals surface area contributed by atoms with Crippen LogP contribution in [0, 0.1) is 5.82 Å². The van der Waals surface area contributed by atoms with Gasteiger partial charge in [0.2, 0.25) is 0 Å². The summed E-state index contributed by atoms with van der Waals surface area (Å²) in [4.78, 5) is 0. The molecule has 20 heavy (non-hydrogen) atoms. The predicted molar refractivity (Wildman–Crippen MR) is 77.8 cm³/mol. The quantitative estimate of drug-likeness (QED) is 0.658. The number of aryl methyl sites for hydroxylation is 2. The van der Waals surface area contributed by atoms with Gasteiger partial charge in [-0.15, -0.1) is 0 Å². The first-order valence-electron chi connectivity index (χ1n) is 6.48. The van der Waals surface area contributed by atoms with Gasteiger partial charge >= 0.3 is 0 Å². The fourth-order valence-corrected chi connectivity index (χ4v) is 2.53. The Balaban J connectivity index is 2.31. The molecule has 1 atom stereocenters. The van der Waals surface area contributed by atoms with Gasteiger partial charge in [0, 0.05) is 29.7 Å².